The standard InChI is InChI=1S/C10H12N2O2.C8H7F3N4.C8H7F3N2O2S.C6H8N2O2S2.C6H6O2.C6H6S2.C4H5F3N2O6S2.C4H6N2S.C2H6N4.C2H4N2S2.C2H2S4/c1-7(13)11-9-5-3-4-6-10(9)12-8(2)14;1-4-2-5(13-12-4)6-3-7(15-14-6)8(9,10)11;1-4(14)12-5-2-16-3-6(5)13-7(15)8(9,10)11;1-3(11)7-5(9)6(10)8-4(2)12;2*7-5-3-1-2-4-6(5)8;1-16(12,13)8-2(10)3(11)9-17(14,15)4(5,6)7;5-3-1-7-2-4(3)6;3-1(4)2(5)6;3-1(5)2(4)6;3-1(4)2(5)6/h3-6H,1-2H3,(H,11,13)(H,12,14);2-3H,1H3,(H,12,13)(H,14,15);2-3H,1H3,(H,12,14)(H,13,15);1-2H3,(H,7,9,11)(H,8,10,12);2*1-4,7-8H;1H3,(H,8,10)(H,9,11);1-2H,5-6H2;(H3,3,4)(H3,5,6);(H2,3,5)(H2,4,6);(H,3,4)(H,5,6). The molecule has 0 aliphatic heterocycles. The third-order valence-corrected chi connectivity index (χ3v) is 16.2. The minimum absolute atomic E-state index is 0.0671. The minimum Gasteiger partial charge on any atom is -0.504 e. The fourth-order valence-electron chi connectivity index (χ4n) is 5.22. The van der Waals surface area contributed by atoms with Gasteiger partial charge in [-0.2, -0.15) is 58.1 Å². The summed E-state index contributed by atoms with van der Waals surface area (Å²) in [5.74, 6) is -9.67. The van der Waals surface area contributed by atoms with Gasteiger partial charge in [0.2, 0.25) is 27.7 Å². The van der Waals surface area contributed by atoms with Crippen LogP contribution in [0, 0.1) is 17.7 Å². The number of nitrogens with zero attached hydrogens (tertiary/aromatic N) is 2. The number of phenols is 2. The fraction of sp³-hybridized carbons (Fsp3) is 0.172. The monoisotopic (exact) mass is 1890 g/mol. The summed E-state index contributed by atoms with van der Waals surface area (Å²) in [7, 11) is -10.2. The Morgan fingerprint density at radius 3 is 1.10 bits per heavy atom. The number of nitrogens with one attached hydrogen (secondary N) is 12. The number of aromatic hydroxyl groups is 2. The Morgan fingerprint density at radius 1 is 0.513 bits per heavy atom. The predicted octanol–water partition coefficient (Wildman–Crippen LogP) is 8.07. The van der Waals surface area contributed by atoms with Crippen molar-refractivity contribution in [1.29, 1.82) is 10.8 Å². The quantitative estimate of drug-likeness (QED) is 0.0130. The summed E-state index contributed by atoms with van der Waals surface area (Å²) >= 11 is 45.0. The van der Waals surface area contributed by atoms with E-state index in [9.17, 15) is 94.7 Å². The molecule has 0 bridgehead atoms. The molecular weight excluding hydrogens is 1820 g/mol. The molecule has 4 heterocycles. The molecule has 7 rings (SSSR count). The number of amidine groups is 2. The van der Waals surface area contributed by atoms with Crippen molar-refractivity contribution in [3.8, 4) is 22.9 Å². The summed E-state index contributed by atoms with van der Waals surface area (Å²) in [5.41, 5.74) is 27.1. The lowest BCUT2D eigenvalue weighted by Crippen LogP contribution is -2.48. The van der Waals surface area contributed by atoms with Crippen molar-refractivity contribution in [1.82, 2.24) is 40.5 Å². The molecule has 0 spiro atoms. The second-order valence-electron chi connectivity index (χ2n) is 19.9. The number of carbonyl (C=O) groups excluding carboxylic acids is 8. The van der Waals surface area contributed by atoms with Gasteiger partial charge in [-0.1, -0.05) is 110 Å². The Hall–Kier alpha value is -9.81. The first-order valence-electron chi connectivity index (χ1n) is 28.9. The molecular formula is C58H69F9N20O14S14. The van der Waals surface area contributed by atoms with Gasteiger partial charge in [0, 0.05) is 57.8 Å². The Bertz CT molecular complexity index is 4540. The molecule has 7 aromatic rings. The van der Waals surface area contributed by atoms with Gasteiger partial charge in [-0.25, -0.2) is 17.9 Å². The number of hydrogen-bond donors (Lipinski definition) is 24. The number of rotatable bonds is 8. The maximum absolute atomic E-state index is 12.2. The predicted molar refractivity (Wildman–Crippen MR) is 458 cm³/mol. The van der Waals surface area contributed by atoms with Gasteiger partial charge in [0.1, 0.15) is 27.1 Å². The van der Waals surface area contributed by atoms with E-state index in [1.807, 2.05) is 40.1 Å². The number of H-pyrrole nitrogens is 2. The van der Waals surface area contributed by atoms with Gasteiger partial charge < -0.3 is 76.5 Å². The van der Waals surface area contributed by atoms with Crippen molar-refractivity contribution in [2.75, 3.05) is 39.0 Å². The Balaban J connectivity index is -0.000000601. The van der Waals surface area contributed by atoms with Gasteiger partial charge in [0.05, 0.1) is 58.8 Å². The number of hydrogen-bond acceptors (Lipinski definition) is 30. The molecule has 8 amide bonds. The maximum Gasteiger partial charge on any atom is 0.516 e. The van der Waals surface area contributed by atoms with E-state index in [1.165, 1.54) is 68.8 Å². The van der Waals surface area contributed by atoms with Crippen LogP contribution in [0.3, 0.4) is 0 Å². The number of carbonyl (C=O) groups is 8. The third kappa shape index (κ3) is 55.4. The molecule has 0 atom stereocenters. The van der Waals surface area contributed by atoms with Crippen LogP contribution in [-0.2, 0) is 64.6 Å². The van der Waals surface area contributed by atoms with Crippen LogP contribution >= 0.6 is 146 Å². The average Bonchev–Trinajstić information content (AvgIpc) is 1.79. The van der Waals surface area contributed by atoms with Crippen LogP contribution < -0.4 is 75.7 Å². The zero-order valence-corrected chi connectivity index (χ0v) is 71.1. The van der Waals surface area contributed by atoms with E-state index in [1.54, 1.807) is 54.7 Å². The molecule has 0 aliphatic rings. The molecule has 4 aromatic heterocycles. The number of amides is 8. The van der Waals surface area contributed by atoms with Crippen LogP contribution in [0.25, 0.3) is 11.4 Å². The number of thiol groups is 4. The molecule has 632 valence electrons. The molecule has 0 radical (unpaired) electrons. The first-order chi connectivity index (χ1) is 52.4. The highest BCUT2D eigenvalue weighted by molar-refractivity contribution is 8.26. The number of nitrogens with two attached hydrogens (primary N) is 6. The highest BCUT2D eigenvalue weighted by Crippen LogP contribution is 2.31. The summed E-state index contributed by atoms with van der Waals surface area (Å²) in [5, 5.41) is 61.9. The summed E-state index contributed by atoms with van der Waals surface area (Å²) in [6, 6.07) is 23.4. The third-order valence-electron chi connectivity index (χ3n) is 9.88. The summed E-state index contributed by atoms with van der Waals surface area (Å²) < 4.78 is 151. The van der Waals surface area contributed by atoms with E-state index >= 15 is 0 Å². The van der Waals surface area contributed by atoms with Crippen LogP contribution in [0.1, 0.15) is 46.0 Å². The van der Waals surface area contributed by atoms with Gasteiger partial charge in [0.25, 0.3) is 0 Å². The number of anilines is 6. The number of benzene rings is 3. The molecule has 3 aromatic carbocycles. The van der Waals surface area contributed by atoms with Crippen molar-refractivity contribution in [2.24, 2.45) is 22.9 Å². The highest BCUT2D eigenvalue weighted by Gasteiger charge is 2.48. The van der Waals surface area contributed by atoms with Crippen LogP contribution in [0.2, 0.25) is 0 Å². The number of para-hydroxylation sites is 4. The van der Waals surface area contributed by atoms with E-state index in [0.29, 0.717) is 47.8 Å². The van der Waals surface area contributed by atoms with Crippen LogP contribution in [0.5, 0.6) is 11.5 Å². The lowest BCUT2D eigenvalue weighted by atomic mass is 10.2. The number of thiocarbonyl (C=S) groups is 6. The normalized spacial score (nSPS) is 10.0. The largest absolute Gasteiger partial charge is 0.516 e. The van der Waals surface area contributed by atoms with Crippen LogP contribution in [0.4, 0.5) is 73.6 Å². The number of halogens is 9. The highest BCUT2D eigenvalue weighted by atomic mass is 32.2. The number of thiophene rings is 2. The first kappa shape index (κ1) is 112. The molecule has 0 fully saturated rings. The number of aromatic nitrogens is 4. The zero-order chi connectivity index (χ0) is 90.4. The van der Waals surface area contributed by atoms with Crippen molar-refractivity contribution >= 4 is 288 Å². The Morgan fingerprint density at radius 2 is 0.843 bits per heavy atom. The molecule has 0 aliphatic carbocycles. The van der Waals surface area contributed by atoms with E-state index in [2.05, 4.69) is 177 Å². The fourth-order valence-corrected chi connectivity index (χ4v) is 7.95. The number of aryl methyl sites for hydroxylation is 1. The van der Waals surface area contributed by atoms with Gasteiger partial charge >= 0.3 is 57.4 Å². The van der Waals surface area contributed by atoms with E-state index in [0.717, 1.165) is 37.6 Å². The molecule has 57 heteroatoms. The second kappa shape index (κ2) is 54.9. The van der Waals surface area contributed by atoms with E-state index < -0.39 is 79.0 Å². The maximum atomic E-state index is 12.2. The molecule has 115 heavy (non-hydrogen) atoms. The van der Waals surface area contributed by atoms with Gasteiger partial charge in [0.15, 0.2) is 23.2 Å². The van der Waals surface area contributed by atoms with Crippen molar-refractivity contribution < 1.29 is 105 Å². The molecule has 34 nitrogen and oxygen atoms in total. The smallest absolute Gasteiger partial charge is 0.504 e. The second-order valence-corrected chi connectivity index (χ2v) is 30.2. The van der Waals surface area contributed by atoms with Crippen molar-refractivity contribution in [3.05, 3.63) is 118 Å². The Labute approximate surface area is 710 Å². The molecule has 0 saturated heterocycles. The lowest BCUT2D eigenvalue weighted by Gasteiger charge is -2.09. The van der Waals surface area contributed by atoms with E-state index in [-0.39, 0.29) is 72.0 Å². The summed E-state index contributed by atoms with van der Waals surface area (Å²) in [6.45, 7) is 8.82. The summed E-state index contributed by atoms with van der Waals surface area (Å²) in [4.78, 5) is 88.4. The zero-order valence-electron chi connectivity index (χ0n) is 59.3. The molecule has 0 unspecified atom stereocenters. The number of alkyl halides is 9. The topological polar surface area (TPSA) is 603 Å². The van der Waals surface area contributed by atoms with Crippen molar-refractivity contribution in [3.63, 3.8) is 0 Å². The SMILES string of the molecule is CC(=O)Nc1ccccc1NC(C)=O.CC(=O)Nc1cscc1NC(=O)C(F)(F)F.CC(=S)NC(=O)C(=O)NC(C)=S.CS(=O)(=O)NC(=O)C(=O)NS(=O)(=O)C(F)(F)F.Cc1cc(-c2cc(C(F)(F)F)[nH]n2)n[nH]1.N=C(N)C(=N)N.NC(=S)C(N)=S.Nc1cscc1N.Oc1ccccc1O.S=C(S)C(=S)S.Sc1ccccc1S. The van der Waals surface area contributed by atoms with Crippen LogP contribution in [-0.4, -0.2) is 153 Å². The Kier molecular flexibility index (Phi) is 53.2. The van der Waals surface area contributed by atoms with Gasteiger partial charge in [-0.3, -0.25) is 59.4 Å². The van der Waals surface area contributed by atoms with E-state index in [4.69, 9.17) is 44.0 Å². The first-order valence-corrected chi connectivity index (χ1v) is 38.4. The number of sulfonamides is 2. The summed E-state index contributed by atoms with van der Waals surface area (Å²) in [6.07, 6.45) is -8.91. The van der Waals surface area contributed by atoms with Crippen LogP contribution in [0.15, 0.2) is 116 Å². The minimum atomic E-state index is -6.05. The number of nitrogen functional groups attached to an aromatic ring is 2. The van der Waals surface area contributed by atoms with Gasteiger partial charge in [-0.05, 0) is 69.3 Å². The van der Waals surface area contributed by atoms with Gasteiger partial charge in [-0.15, -0.1) is 73.2 Å². The number of phenolic OH excluding ortho intramolecular Hbond substituents is 2. The van der Waals surface area contributed by atoms with Crippen molar-refractivity contribution in [2.45, 2.75) is 69.2 Å². The average molecular weight is 1890 g/mol. The molecule has 26 N–H and O–H groups in total. The number of aromatic amines is 2. The molecule has 0 saturated carbocycles. The lowest BCUT2D eigenvalue weighted by molar-refractivity contribution is -0.167.